The molecule has 10 heteroatoms. The molecule has 1 aromatic carbocycles. The number of para-hydroxylation sites is 1. The third kappa shape index (κ3) is 4.84. The van der Waals surface area contributed by atoms with Gasteiger partial charge in [0.1, 0.15) is 28.2 Å². The lowest BCUT2D eigenvalue weighted by Crippen LogP contribution is -2.37. The van der Waals surface area contributed by atoms with E-state index in [2.05, 4.69) is 26.3 Å². The van der Waals surface area contributed by atoms with E-state index < -0.39 is 0 Å². The Kier molecular flexibility index (Phi) is 7.04. The van der Waals surface area contributed by atoms with Crippen LogP contribution in [0.4, 0.5) is 10.9 Å². The Balaban J connectivity index is 1.44. The molecule has 174 valence electrons. The minimum absolute atomic E-state index is 0.0800. The summed E-state index contributed by atoms with van der Waals surface area (Å²) >= 11 is 1.10. The predicted molar refractivity (Wildman–Crippen MR) is 128 cm³/mol. The molecule has 1 amide bonds. The number of hydrogen-bond donors (Lipinski definition) is 1. The number of thiazole rings is 1. The zero-order valence-electron chi connectivity index (χ0n) is 18.8. The van der Waals surface area contributed by atoms with E-state index in [-0.39, 0.29) is 17.8 Å². The van der Waals surface area contributed by atoms with E-state index in [1.54, 1.807) is 25.3 Å². The van der Waals surface area contributed by atoms with Gasteiger partial charge >= 0.3 is 5.97 Å². The molecule has 0 atom stereocenters. The molecular formula is C24H23N5O4S. The van der Waals surface area contributed by atoms with E-state index in [9.17, 15) is 14.9 Å². The molecule has 0 spiro atoms. The van der Waals surface area contributed by atoms with Gasteiger partial charge in [0.25, 0.3) is 5.91 Å². The zero-order valence-corrected chi connectivity index (χ0v) is 19.6. The Bertz CT molecular complexity index is 1230. The Labute approximate surface area is 201 Å². The van der Waals surface area contributed by atoms with Crippen molar-refractivity contribution < 1.29 is 19.1 Å². The van der Waals surface area contributed by atoms with Crippen LogP contribution in [0.15, 0.2) is 42.6 Å². The number of carbonyl (C=O) groups excluding carboxylic acids is 2. The fraction of sp³-hybridized carbons (Fsp3) is 0.292. The van der Waals surface area contributed by atoms with Crippen LogP contribution in [0.3, 0.4) is 0 Å². The second-order valence-electron chi connectivity index (χ2n) is 7.65. The van der Waals surface area contributed by atoms with Gasteiger partial charge in [-0.3, -0.25) is 14.9 Å². The van der Waals surface area contributed by atoms with Gasteiger partial charge in [0.2, 0.25) is 0 Å². The number of anilines is 2. The second-order valence-corrected chi connectivity index (χ2v) is 8.65. The molecule has 1 aliphatic rings. The maximum absolute atomic E-state index is 12.8. The van der Waals surface area contributed by atoms with Gasteiger partial charge in [0.15, 0.2) is 5.13 Å². The third-order valence-corrected chi connectivity index (χ3v) is 6.55. The van der Waals surface area contributed by atoms with Gasteiger partial charge < -0.3 is 14.4 Å². The van der Waals surface area contributed by atoms with Gasteiger partial charge in [-0.15, -0.1) is 0 Å². The summed E-state index contributed by atoms with van der Waals surface area (Å²) in [7, 11) is 2.96. The molecule has 0 radical (unpaired) electrons. The van der Waals surface area contributed by atoms with E-state index in [0.29, 0.717) is 58.5 Å². The highest BCUT2D eigenvalue weighted by Gasteiger charge is 2.26. The fourth-order valence-corrected chi connectivity index (χ4v) is 4.63. The number of hydrogen-bond acceptors (Lipinski definition) is 9. The number of carbonyl (C=O) groups is 2. The van der Waals surface area contributed by atoms with Crippen LogP contribution in [-0.2, 0) is 9.53 Å². The number of pyridine rings is 1. The van der Waals surface area contributed by atoms with Crippen LogP contribution >= 0.6 is 11.3 Å². The summed E-state index contributed by atoms with van der Waals surface area (Å²) in [6, 6.07) is 12.9. The summed E-state index contributed by atoms with van der Waals surface area (Å²) in [6.45, 7) is 1.39. The van der Waals surface area contributed by atoms with Crippen molar-refractivity contribution in [3.05, 3.63) is 53.0 Å². The van der Waals surface area contributed by atoms with Crippen LogP contribution in [0, 0.1) is 17.2 Å². The minimum atomic E-state index is -0.367. The number of ether oxygens (including phenoxy) is 2. The summed E-state index contributed by atoms with van der Waals surface area (Å²) in [5, 5.41) is 12.6. The SMILES string of the molecule is COC(=O)C1CCN(c2ccc(C(=O)Nc3nc(-c4ccccc4OC)c(C#N)s3)cn2)CC1. The first-order chi connectivity index (χ1) is 16.5. The molecule has 1 N–H and O–H groups in total. The number of rotatable bonds is 6. The maximum atomic E-state index is 12.8. The summed E-state index contributed by atoms with van der Waals surface area (Å²) in [5.74, 6) is 0.726. The second kappa shape index (κ2) is 10.3. The van der Waals surface area contributed by atoms with Crippen molar-refractivity contribution in [2.24, 2.45) is 5.92 Å². The van der Waals surface area contributed by atoms with Crippen molar-refractivity contribution in [3.8, 4) is 23.1 Å². The number of nitrogens with one attached hydrogen (secondary N) is 1. The lowest BCUT2D eigenvalue weighted by Gasteiger charge is -2.31. The van der Waals surface area contributed by atoms with Crippen LogP contribution < -0.4 is 15.0 Å². The Morgan fingerprint density at radius 2 is 1.94 bits per heavy atom. The van der Waals surface area contributed by atoms with Gasteiger partial charge in [-0.25, -0.2) is 9.97 Å². The van der Waals surface area contributed by atoms with Crippen molar-refractivity contribution in [1.82, 2.24) is 9.97 Å². The van der Waals surface area contributed by atoms with E-state index in [0.717, 1.165) is 17.2 Å². The molecule has 1 saturated heterocycles. The predicted octanol–water partition coefficient (Wildman–Crippen LogP) is 3.73. The van der Waals surface area contributed by atoms with Crippen LogP contribution in [0.25, 0.3) is 11.3 Å². The van der Waals surface area contributed by atoms with Crippen molar-refractivity contribution in [1.29, 1.82) is 5.26 Å². The van der Waals surface area contributed by atoms with Crippen LogP contribution in [0.1, 0.15) is 28.1 Å². The van der Waals surface area contributed by atoms with Gasteiger partial charge in [0.05, 0.1) is 25.7 Å². The molecule has 0 aliphatic carbocycles. The summed E-state index contributed by atoms with van der Waals surface area (Å²) < 4.78 is 10.2. The van der Waals surface area contributed by atoms with Gasteiger partial charge in [-0.1, -0.05) is 23.5 Å². The number of aromatic nitrogens is 2. The summed E-state index contributed by atoms with van der Waals surface area (Å²) in [5.41, 5.74) is 1.52. The number of benzene rings is 1. The van der Waals surface area contributed by atoms with E-state index >= 15 is 0 Å². The van der Waals surface area contributed by atoms with Crippen LogP contribution in [0.2, 0.25) is 0 Å². The summed E-state index contributed by atoms with van der Waals surface area (Å²) in [6.07, 6.45) is 2.92. The van der Waals surface area contributed by atoms with Crippen LogP contribution in [-0.4, -0.2) is 49.2 Å². The smallest absolute Gasteiger partial charge is 0.308 e. The van der Waals surface area contributed by atoms with Gasteiger partial charge in [-0.05, 0) is 37.1 Å². The molecule has 2 aromatic heterocycles. The molecular weight excluding hydrogens is 454 g/mol. The third-order valence-electron chi connectivity index (χ3n) is 5.67. The Morgan fingerprint density at radius 3 is 2.59 bits per heavy atom. The Morgan fingerprint density at radius 1 is 1.18 bits per heavy atom. The van der Waals surface area contributed by atoms with Crippen molar-refractivity contribution in [2.75, 3.05) is 37.5 Å². The zero-order chi connectivity index (χ0) is 24.1. The number of methoxy groups -OCH3 is 2. The Hall–Kier alpha value is -3.97. The number of nitriles is 1. The normalized spacial score (nSPS) is 13.7. The lowest BCUT2D eigenvalue weighted by atomic mass is 9.97. The highest BCUT2D eigenvalue weighted by Crippen LogP contribution is 2.36. The van der Waals surface area contributed by atoms with Crippen molar-refractivity contribution in [3.63, 3.8) is 0 Å². The first kappa shape index (κ1) is 23.2. The first-order valence-electron chi connectivity index (χ1n) is 10.7. The monoisotopic (exact) mass is 477 g/mol. The minimum Gasteiger partial charge on any atom is -0.496 e. The van der Waals surface area contributed by atoms with E-state index in [1.165, 1.54) is 13.3 Å². The molecule has 34 heavy (non-hydrogen) atoms. The highest BCUT2D eigenvalue weighted by molar-refractivity contribution is 7.16. The summed E-state index contributed by atoms with van der Waals surface area (Å²) in [4.78, 5) is 35.8. The standard InChI is InChI=1S/C24H23N5O4S/c1-32-18-6-4-3-5-17(18)21-19(13-25)34-24(27-21)28-22(30)16-7-8-20(26-14-16)29-11-9-15(10-12-29)23(31)33-2/h3-8,14-15H,9-12H2,1-2H3,(H,27,28,30). The average Bonchev–Trinajstić information content (AvgIpc) is 3.30. The number of amides is 1. The molecule has 0 bridgehead atoms. The van der Waals surface area contributed by atoms with Gasteiger partial charge in [0, 0.05) is 24.8 Å². The molecule has 0 unspecified atom stereocenters. The number of piperidine rings is 1. The van der Waals surface area contributed by atoms with E-state index in [4.69, 9.17) is 9.47 Å². The molecule has 4 rings (SSSR count). The average molecular weight is 478 g/mol. The maximum Gasteiger partial charge on any atom is 0.308 e. The number of nitrogens with zero attached hydrogens (tertiary/aromatic N) is 4. The molecule has 3 aromatic rings. The fourth-order valence-electron chi connectivity index (χ4n) is 3.86. The van der Waals surface area contributed by atoms with Crippen molar-refractivity contribution >= 4 is 34.2 Å². The quantitative estimate of drug-likeness (QED) is 0.534. The molecule has 3 heterocycles. The molecule has 9 nitrogen and oxygen atoms in total. The number of esters is 1. The molecule has 0 saturated carbocycles. The topological polar surface area (TPSA) is 117 Å². The molecule has 1 fully saturated rings. The van der Waals surface area contributed by atoms with Gasteiger partial charge in [-0.2, -0.15) is 5.26 Å². The lowest BCUT2D eigenvalue weighted by molar-refractivity contribution is -0.146. The largest absolute Gasteiger partial charge is 0.496 e. The van der Waals surface area contributed by atoms with E-state index in [1.807, 2.05) is 18.2 Å². The highest BCUT2D eigenvalue weighted by atomic mass is 32.1. The van der Waals surface area contributed by atoms with Crippen molar-refractivity contribution in [2.45, 2.75) is 12.8 Å². The first-order valence-corrected chi connectivity index (χ1v) is 11.5. The van der Waals surface area contributed by atoms with Crippen LogP contribution in [0.5, 0.6) is 5.75 Å². The molecule has 1 aliphatic heterocycles.